The Morgan fingerprint density at radius 2 is 1.74 bits per heavy atom. The Morgan fingerprint density at radius 3 is 2.50 bits per heavy atom. The van der Waals surface area contributed by atoms with E-state index in [1.165, 1.54) is 18.7 Å². The number of amidine groups is 1. The molecular formula is C26H22N4O2S2. The number of thioether (sulfide) groups is 2. The van der Waals surface area contributed by atoms with Gasteiger partial charge in [0.05, 0.1) is 22.9 Å². The maximum Gasteiger partial charge on any atom is 0.269 e. The zero-order valence-corrected chi connectivity index (χ0v) is 20.3. The minimum absolute atomic E-state index is 0.0622. The number of para-hydroxylation sites is 1. The lowest BCUT2D eigenvalue weighted by Crippen LogP contribution is -2.29. The van der Waals surface area contributed by atoms with E-state index in [1.54, 1.807) is 22.7 Å². The zero-order valence-electron chi connectivity index (χ0n) is 18.7. The summed E-state index contributed by atoms with van der Waals surface area (Å²) in [5.74, 6) is -0.207. The highest BCUT2D eigenvalue weighted by atomic mass is 32.2. The minimum atomic E-state index is -0.145. The number of carbonyl (C=O) groups excluding carboxylic acids is 2. The fraction of sp³-hybridized carbons (Fsp3) is 0.115. The van der Waals surface area contributed by atoms with Crippen LogP contribution in [-0.2, 0) is 16.1 Å². The molecule has 8 heteroatoms. The van der Waals surface area contributed by atoms with Crippen molar-refractivity contribution in [3.63, 3.8) is 0 Å². The van der Waals surface area contributed by atoms with Crippen LogP contribution in [0.4, 0.5) is 17.1 Å². The molecule has 0 spiro atoms. The van der Waals surface area contributed by atoms with Crippen LogP contribution in [0.3, 0.4) is 0 Å². The maximum atomic E-state index is 13.7. The molecule has 0 radical (unpaired) electrons. The van der Waals surface area contributed by atoms with Crippen molar-refractivity contribution in [1.82, 2.24) is 4.90 Å². The highest BCUT2D eigenvalue weighted by Crippen LogP contribution is 2.50. The molecule has 0 aliphatic carbocycles. The molecule has 0 bridgehead atoms. The largest absolute Gasteiger partial charge is 0.337 e. The van der Waals surface area contributed by atoms with Crippen LogP contribution in [0.1, 0.15) is 12.5 Å². The van der Waals surface area contributed by atoms with E-state index >= 15 is 0 Å². The summed E-state index contributed by atoms with van der Waals surface area (Å²) in [7, 11) is 1.99. The fourth-order valence-corrected chi connectivity index (χ4v) is 6.13. The maximum absolute atomic E-state index is 13.7. The summed E-state index contributed by atoms with van der Waals surface area (Å²) < 4.78 is 0. The molecular weight excluding hydrogens is 464 g/mol. The predicted octanol–water partition coefficient (Wildman–Crippen LogP) is 5.82. The molecule has 1 N–H and O–H groups in total. The van der Waals surface area contributed by atoms with Crippen molar-refractivity contribution < 1.29 is 9.59 Å². The second-order valence-corrected chi connectivity index (χ2v) is 9.88. The average molecular weight is 487 g/mol. The number of nitrogens with zero attached hydrogens (tertiary/aromatic N) is 3. The summed E-state index contributed by atoms with van der Waals surface area (Å²) in [6.45, 7) is 1.90. The molecule has 3 aromatic rings. The first-order chi connectivity index (χ1) is 16.5. The molecule has 2 aliphatic rings. The van der Waals surface area contributed by atoms with Crippen molar-refractivity contribution in [3.8, 4) is 0 Å². The first-order valence-corrected chi connectivity index (χ1v) is 12.4. The predicted molar refractivity (Wildman–Crippen MR) is 140 cm³/mol. The van der Waals surface area contributed by atoms with Gasteiger partial charge < -0.3 is 10.2 Å². The standard InChI is InChI=1S/C26H22N4O2S2/c1-17(31)27-19-11-8-12-20(15-19)28-26-30(16-18-9-4-3-5-10-18)24(32)23(34-26)25-29(2)21-13-6-7-14-22(21)33-25/h3-15H,16H2,1-2H3,(H,27,31)/b25-23-,28-26-. The number of carbonyl (C=O) groups is 2. The van der Waals surface area contributed by atoms with E-state index in [0.717, 1.165) is 21.2 Å². The van der Waals surface area contributed by atoms with E-state index in [2.05, 4.69) is 22.3 Å². The smallest absolute Gasteiger partial charge is 0.269 e. The molecule has 3 aromatic carbocycles. The third-order valence-electron chi connectivity index (χ3n) is 5.37. The van der Waals surface area contributed by atoms with Gasteiger partial charge in [0.1, 0.15) is 4.91 Å². The molecule has 6 nitrogen and oxygen atoms in total. The molecule has 0 atom stereocenters. The zero-order chi connectivity index (χ0) is 23.7. The Labute approximate surface area is 206 Å². The summed E-state index contributed by atoms with van der Waals surface area (Å²) in [4.78, 5) is 35.6. The van der Waals surface area contributed by atoms with E-state index in [4.69, 9.17) is 4.99 Å². The molecule has 5 rings (SSSR count). The van der Waals surface area contributed by atoms with E-state index in [9.17, 15) is 9.59 Å². The molecule has 2 heterocycles. The summed E-state index contributed by atoms with van der Waals surface area (Å²) in [5.41, 5.74) is 3.45. The van der Waals surface area contributed by atoms with Gasteiger partial charge >= 0.3 is 0 Å². The van der Waals surface area contributed by atoms with Crippen LogP contribution in [-0.4, -0.2) is 28.9 Å². The third-order valence-corrected chi connectivity index (χ3v) is 7.80. The monoisotopic (exact) mass is 486 g/mol. The normalized spacial score (nSPS) is 18.5. The second kappa shape index (κ2) is 9.40. The van der Waals surface area contributed by atoms with Gasteiger partial charge in [-0.2, -0.15) is 0 Å². The van der Waals surface area contributed by atoms with Gasteiger partial charge in [-0.15, -0.1) is 0 Å². The van der Waals surface area contributed by atoms with Crippen LogP contribution in [0.2, 0.25) is 0 Å². The molecule has 34 heavy (non-hydrogen) atoms. The highest BCUT2D eigenvalue weighted by Gasteiger charge is 2.39. The van der Waals surface area contributed by atoms with Gasteiger partial charge in [0.15, 0.2) is 5.17 Å². The Bertz CT molecular complexity index is 1340. The first kappa shape index (κ1) is 22.3. The first-order valence-electron chi connectivity index (χ1n) is 10.7. The summed E-state index contributed by atoms with van der Waals surface area (Å²) in [6.07, 6.45) is 0. The number of hydrogen-bond donors (Lipinski definition) is 1. The molecule has 0 aromatic heterocycles. The Balaban J connectivity index is 1.54. The van der Waals surface area contributed by atoms with Gasteiger partial charge in [0.25, 0.3) is 5.91 Å². The number of benzene rings is 3. The van der Waals surface area contributed by atoms with Gasteiger partial charge in [-0.05, 0) is 47.7 Å². The van der Waals surface area contributed by atoms with E-state index in [-0.39, 0.29) is 11.8 Å². The molecule has 1 fully saturated rings. The number of nitrogens with one attached hydrogen (secondary N) is 1. The average Bonchev–Trinajstić information content (AvgIpc) is 3.31. The number of aliphatic imine (C=N–C) groups is 1. The molecule has 0 saturated carbocycles. The number of fused-ring (bicyclic) bond motifs is 1. The quantitative estimate of drug-likeness (QED) is 0.471. The van der Waals surface area contributed by atoms with Crippen LogP contribution in [0.15, 0.2) is 98.7 Å². The van der Waals surface area contributed by atoms with Gasteiger partial charge in [0, 0.05) is 24.6 Å². The topological polar surface area (TPSA) is 65.0 Å². The van der Waals surface area contributed by atoms with E-state index in [1.807, 2.05) is 67.7 Å². The lowest BCUT2D eigenvalue weighted by molar-refractivity contribution is -0.122. The van der Waals surface area contributed by atoms with Crippen LogP contribution >= 0.6 is 23.5 Å². The summed E-state index contributed by atoms with van der Waals surface area (Å²) in [5, 5.41) is 4.31. The van der Waals surface area contributed by atoms with Crippen molar-refractivity contribution >= 4 is 57.6 Å². The number of rotatable bonds is 4. The van der Waals surface area contributed by atoms with E-state index < -0.39 is 0 Å². The molecule has 2 amide bonds. The second-order valence-electron chi connectivity index (χ2n) is 7.87. The number of hydrogen-bond acceptors (Lipinski definition) is 6. The molecule has 170 valence electrons. The minimum Gasteiger partial charge on any atom is -0.337 e. The van der Waals surface area contributed by atoms with Gasteiger partial charge in [-0.1, -0.05) is 60.3 Å². The molecule has 0 unspecified atom stereocenters. The highest BCUT2D eigenvalue weighted by molar-refractivity contribution is 8.19. The lowest BCUT2D eigenvalue weighted by atomic mass is 10.2. The van der Waals surface area contributed by atoms with E-state index in [0.29, 0.717) is 28.0 Å². The summed E-state index contributed by atoms with van der Waals surface area (Å²) in [6, 6.07) is 25.4. The lowest BCUT2D eigenvalue weighted by Gasteiger charge is -2.17. The van der Waals surface area contributed by atoms with Gasteiger partial charge in [-0.25, -0.2) is 4.99 Å². The van der Waals surface area contributed by atoms with Gasteiger partial charge in [0.2, 0.25) is 5.91 Å². The number of amides is 2. The van der Waals surface area contributed by atoms with Crippen LogP contribution in [0, 0.1) is 0 Å². The van der Waals surface area contributed by atoms with Crippen LogP contribution in [0.5, 0.6) is 0 Å². The van der Waals surface area contributed by atoms with Crippen molar-refractivity contribution in [2.75, 3.05) is 17.3 Å². The fourth-order valence-electron chi connectivity index (χ4n) is 3.79. The SMILES string of the molecule is CC(=O)Nc1cccc(/N=C2\S/C(=C3\Sc4ccccc4N3C)C(=O)N2Cc2ccccc2)c1. The molecule has 1 saturated heterocycles. The number of anilines is 2. The summed E-state index contributed by atoms with van der Waals surface area (Å²) >= 11 is 2.99. The molecule has 2 aliphatic heterocycles. The van der Waals surface area contributed by atoms with Crippen molar-refractivity contribution in [2.45, 2.75) is 18.4 Å². The van der Waals surface area contributed by atoms with Crippen LogP contribution < -0.4 is 10.2 Å². The van der Waals surface area contributed by atoms with Crippen molar-refractivity contribution in [3.05, 3.63) is 94.4 Å². The van der Waals surface area contributed by atoms with Crippen molar-refractivity contribution in [1.29, 1.82) is 0 Å². The Kier molecular flexibility index (Phi) is 6.17. The van der Waals surface area contributed by atoms with Gasteiger partial charge in [-0.3, -0.25) is 14.5 Å². The third kappa shape index (κ3) is 4.47. The van der Waals surface area contributed by atoms with Crippen molar-refractivity contribution in [2.24, 2.45) is 4.99 Å². The van der Waals surface area contributed by atoms with Crippen LogP contribution in [0.25, 0.3) is 0 Å². The Morgan fingerprint density at radius 1 is 0.971 bits per heavy atom. The Hall–Kier alpha value is -3.49.